The lowest BCUT2D eigenvalue weighted by Crippen LogP contribution is -2.31. The van der Waals surface area contributed by atoms with Crippen LogP contribution in [-0.4, -0.2) is 23.9 Å². The fourth-order valence-electron chi connectivity index (χ4n) is 1.98. The molecule has 0 atom stereocenters. The maximum atomic E-state index is 12.3. The van der Waals surface area contributed by atoms with Gasteiger partial charge >= 0.3 is 0 Å². The number of hydrogen-bond donors (Lipinski definition) is 0. The van der Waals surface area contributed by atoms with Crippen LogP contribution in [0.2, 0.25) is 0 Å². The van der Waals surface area contributed by atoms with Crippen molar-refractivity contribution in [2.24, 2.45) is 0 Å². The molecule has 6 heteroatoms. The maximum absolute atomic E-state index is 12.3. The van der Waals surface area contributed by atoms with E-state index in [1.54, 1.807) is 48.5 Å². The minimum Gasteiger partial charge on any atom is -0.457 e. The zero-order chi connectivity index (χ0) is 17.4. The van der Waals surface area contributed by atoms with Gasteiger partial charge in [-0.25, -0.2) is 0 Å². The van der Waals surface area contributed by atoms with Gasteiger partial charge in [-0.3, -0.25) is 4.79 Å². The highest BCUT2D eigenvalue weighted by atomic mass is 16.5. The Balaban J connectivity index is 2.18. The summed E-state index contributed by atoms with van der Waals surface area (Å²) < 4.78 is 5.66. The molecule has 0 spiro atoms. The quantitative estimate of drug-likeness (QED) is 0.789. The average molecular weight is 316 g/mol. The monoisotopic (exact) mass is 316 g/mol. The van der Waals surface area contributed by atoms with E-state index in [4.69, 9.17) is 20.5 Å². The van der Waals surface area contributed by atoms with Crippen molar-refractivity contribution in [1.82, 2.24) is 4.90 Å². The van der Waals surface area contributed by atoms with Crippen molar-refractivity contribution in [1.29, 1.82) is 15.8 Å². The first-order valence-corrected chi connectivity index (χ1v) is 6.99. The van der Waals surface area contributed by atoms with E-state index >= 15 is 0 Å². The summed E-state index contributed by atoms with van der Waals surface area (Å²) in [6, 6.07) is 18.8. The van der Waals surface area contributed by atoms with Crippen molar-refractivity contribution in [2.75, 3.05) is 13.1 Å². The summed E-state index contributed by atoms with van der Waals surface area (Å²) in [6.07, 6.45) is 0. The smallest absolute Gasteiger partial charge is 0.255 e. The third-order valence-corrected chi connectivity index (χ3v) is 3.11. The van der Waals surface area contributed by atoms with Crippen LogP contribution in [0.25, 0.3) is 0 Å². The molecule has 2 aromatic rings. The van der Waals surface area contributed by atoms with E-state index in [1.807, 2.05) is 18.2 Å². The lowest BCUT2D eigenvalue weighted by Gasteiger charge is -2.16. The Morgan fingerprint density at radius 3 is 2.21 bits per heavy atom. The minimum absolute atomic E-state index is 0.160. The molecule has 1 amide bonds. The van der Waals surface area contributed by atoms with Gasteiger partial charge in [0.25, 0.3) is 5.91 Å². The highest BCUT2D eigenvalue weighted by Gasteiger charge is 2.15. The van der Waals surface area contributed by atoms with E-state index in [2.05, 4.69) is 0 Å². The number of nitrogens with zero attached hydrogens (tertiary/aromatic N) is 4. The Bertz CT molecular complexity index is 838. The zero-order valence-electron chi connectivity index (χ0n) is 12.6. The lowest BCUT2D eigenvalue weighted by molar-refractivity contribution is 0.0794. The van der Waals surface area contributed by atoms with Crippen molar-refractivity contribution in [2.45, 2.75) is 0 Å². The molecule has 0 N–H and O–H groups in total. The molecule has 24 heavy (non-hydrogen) atoms. The fourth-order valence-corrected chi connectivity index (χ4v) is 1.98. The molecule has 116 valence electrons. The summed E-state index contributed by atoms with van der Waals surface area (Å²) in [5.74, 6) is 0.562. The van der Waals surface area contributed by atoms with E-state index in [0.29, 0.717) is 22.6 Å². The van der Waals surface area contributed by atoms with Crippen molar-refractivity contribution in [3.05, 3.63) is 59.7 Å². The molecule has 2 aromatic carbocycles. The standard InChI is InChI=1S/C18H12N4O2/c19-8-10-22(11-9-20)18(23)15-2-1-3-17(12-15)24-16-6-4-14(13-21)5-7-16/h1-7,12H,10-11H2. The fraction of sp³-hybridized carbons (Fsp3) is 0.111. The maximum Gasteiger partial charge on any atom is 0.255 e. The summed E-state index contributed by atoms with van der Waals surface area (Å²) in [6.45, 7) is -0.319. The number of hydrogen-bond acceptors (Lipinski definition) is 5. The number of carbonyl (C=O) groups excluding carboxylic acids is 1. The van der Waals surface area contributed by atoms with Gasteiger partial charge in [-0.05, 0) is 42.5 Å². The molecule has 0 heterocycles. The number of ether oxygens (including phenoxy) is 1. The molecule has 0 fully saturated rings. The minimum atomic E-state index is -0.414. The number of amides is 1. The number of benzene rings is 2. The Morgan fingerprint density at radius 2 is 1.62 bits per heavy atom. The summed E-state index contributed by atoms with van der Waals surface area (Å²) in [7, 11) is 0. The molecule has 2 rings (SSSR count). The van der Waals surface area contributed by atoms with Crippen LogP contribution in [0.3, 0.4) is 0 Å². The molecule has 0 radical (unpaired) electrons. The highest BCUT2D eigenvalue weighted by Crippen LogP contribution is 2.23. The Morgan fingerprint density at radius 1 is 0.958 bits per heavy atom. The van der Waals surface area contributed by atoms with Crippen molar-refractivity contribution in [3.63, 3.8) is 0 Å². The first kappa shape index (κ1) is 16.5. The summed E-state index contributed by atoms with van der Waals surface area (Å²) >= 11 is 0. The van der Waals surface area contributed by atoms with Gasteiger partial charge in [-0.2, -0.15) is 15.8 Å². The summed E-state index contributed by atoms with van der Waals surface area (Å²) in [5.41, 5.74) is 0.849. The lowest BCUT2D eigenvalue weighted by atomic mass is 10.2. The van der Waals surface area contributed by atoms with E-state index in [0.717, 1.165) is 4.90 Å². The molecule has 0 aliphatic rings. The Kier molecular flexibility index (Phi) is 5.50. The molecule has 0 aromatic heterocycles. The molecular formula is C18H12N4O2. The number of rotatable bonds is 5. The molecular weight excluding hydrogens is 304 g/mol. The third kappa shape index (κ3) is 4.10. The largest absolute Gasteiger partial charge is 0.457 e. The Hall–Kier alpha value is -3.82. The van der Waals surface area contributed by atoms with Crippen molar-refractivity contribution >= 4 is 5.91 Å². The van der Waals surface area contributed by atoms with Crippen molar-refractivity contribution < 1.29 is 9.53 Å². The molecule has 0 unspecified atom stereocenters. The van der Waals surface area contributed by atoms with E-state index in [9.17, 15) is 4.79 Å². The van der Waals surface area contributed by atoms with Crippen LogP contribution in [0.5, 0.6) is 11.5 Å². The van der Waals surface area contributed by atoms with Gasteiger partial charge in [0.2, 0.25) is 0 Å². The normalized spacial score (nSPS) is 9.21. The van der Waals surface area contributed by atoms with Crippen molar-refractivity contribution in [3.8, 4) is 29.7 Å². The van der Waals surface area contributed by atoms with Gasteiger partial charge in [0.1, 0.15) is 24.6 Å². The van der Waals surface area contributed by atoms with Gasteiger partial charge in [-0.15, -0.1) is 0 Å². The predicted octanol–water partition coefficient (Wildman–Crippen LogP) is 2.84. The molecule has 6 nitrogen and oxygen atoms in total. The van der Waals surface area contributed by atoms with E-state index in [1.165, 1.54) is 0 Å². The Labute approximate surface area is 139 Å². The molecule has 0 aliphatic carbocycles. The van der Waals surface area contributed by atoms with Gasteiger partial charge in [0, 0.05) is 5.56 Å². The summed E-state index contributed by atoms with van der Waals surface area (Å²) in [5, 5.41) is 26.3. The van der Waals surface area contributed by atoms with Crippen LogP contribution < -0.4 is 4.74 Å². The first-order chi connectivity index (χ1) is 11.7. The van der Waals surface area contributed by atoms with Gasteiger partial charge < -0.3 is 9.64 Å². The van der Waals surface area contributed by atoms with Crippen LogP contribution in [0, 0.1) is 34.0 Å². The van der Waals surface area contributed by atoms with Gasteiger partial charge in [0.15, 0.2) is 0 Å². The van der Waals surface area contributed by atoms with Crippen LogP contribution in [0.1, 0.15) is 15.9 Å². The highest BCUT2D eigenvalue weighted by molar-refractivity contribution is 5.94. The van der Waals surface area contributed by atoms with E-state index < -0.39 is 5.91 Å². The summed E-state index contributed by atoms with van der Waals surface area (Å²) in [4.78, 5) is 13.5. The topological polar surface area (TPSA) is 101 Å². The zero-order valence-corrected chi connectivity index (χ0v) is 12.6. The van der Waals surface area contributed by atoms with Gasteiger partial charge in [0.05, 0.1) is 23.8 Å². The second-order valence-corrected chi connectivity index (χ2v) is 4.74. The van der Waals surface area contributed by atoms with Crippen LogP contribution in [0.15, 0.2) is 48.5 Å². The van der Waals surface area contributed by atoms with E-state index in [-0.39, 0.29) is 13.1 Å². The van der Waals surface area contributed by atoms with Crippen LogP contribution in [0.4, 0.5) is 0 Å². The molecule has 0 aliphatic heterocycles. The van der Waals surface area contributed by atoms with Gasteiger partial charge in [-0.1, -0.05) is 6.07 Å². The van der Waals surface area contributed by atoms with Crippen LogP contribution in [-0.2, 0) is 0 Å². The third-order valence-electron chi connectivity index (χ3n) is 3.11. The average Bonchev–Trinajstić information content (AvgIpc) is 2.62. The molecule has 0 saturated carbocycles. The van der Waals surface area contributed by atoms with Crippen LogP contribution >= 0.6 is 0 Å². The predicted molar refractivity (Wildman–Crippen MR) is 84.8 cm³/mol. The second kappa shape index (κ2) is 7.98. The first-order valence-electron chi connectivity index (χ1n) is 6.99. The number of nitriles is 3. The second-order valence-electron chi connectivity index (χ2n) is 4.74. The molecule has 0 saturated heterocycles. The molecule has 0 bridgehead atoms. The SMILES string of the molecule is N#CCN(CC#N)C(=O)c1cccc(Oc2ccc(C#N)cc2)c1. The number of carbonyl (C=O) groups is 1.